The molecule has 1 aliphatic heterocycles. The lowest BCUT2D eigenvalue weighted by Crippen LogP contribution is -2.58. The van der Waals surface area contributed by atoms with Crippen LogP contribution in [0.25, 0.3) is 0 Å². The van der Waals surface area contributed by atoms with Crippen LogP contribution in [0.5, 0.6) is 0 Å². The largest absolute Gasteiger partial charge is 0.368 e. The molecule has 2 heterocycles. The molecule has 1 atom stereocenters. The molecule has 1 aliphatic rings. The van der Waals surface area contributed by atoms with E-state index < -0.39 is 0 Å². The van der Waals surface area contributed by atoms with E-state index in [0.717, 1.165) is 17.9 Å². The molecule has 0 unspecified atom stereocenters. The third kappa shape index (κ3) is 4.92. The Balaban J connectivity index is 1.76. The molecule has 1 aromatic heterocycles. The Morgan fingerprint density at radius 3 is 2.96 bits per heavy atom. The van der Waals surface area contributed by atoms with E-state index in [1.165, 1.54) is 0 Å². The second kappa shape index (κ2) is 8.63. The molecule has 2 amide bonds. The van der Waals surface area contributed by atoms with Gasteiger partial charge in [-0.2, -0.15) is 0 Å². The molecular weight excluding hydrogens is 306 g/mol. The first-order chi connectivity index (χ1) is 11.5. The summed E-state index contributed by atoms with van der Waals surface area (Å²) in [6.45, 7) is 8.57. The van der Waals surface area contributed by atoms with Gasteiger partial charge in [-0.1, -0.05) is 6.07 Å². The van der Waals surface area contributed by atoms with Crippen LogP contribution < -0.4 is 16.0 Å². The molecule has 1 fully saturated rings. The summed E-state index contributed by atoms with van der Waals surface area (Å²) in [5.41, 5.74) is 1.07. The number of nitrogens with zero attached hydrogens (tertiary/aromatic N) is 2. The third-order valence-electron chi connectivity index (χ3n) is 4.16. The molecule has 0 radical (unpaired) electrons. The van der Waals surface area contributed by atoms with Crippen LogP contribution in [0.2, 0.25) is 0 Å². The molecule has 2 rings (SSSR count). The van der Waals surface area contributed by atoms with Gasteiger partial charge in [-0.05, 0) is 32.4 Å². The van der Waals surface area contributed by atoms with Gasteiger partial charge in [0, 0.05) is 38.4 Å². The van der Waals surface area contributed by atoms with Gasteiger partial charge in [0.25, 0.3) is 0 Å². The van der Waals surface area contributed by atoms with E-state index in [9.17, 15) is 9.59 Å². The predicted molar refractivity (Wildman–Crippen MR) is 93.7 cm³/mol. The van der Waals surface area contributed by atoms with Gasteiger partial charge in [0.15, 0.2) is 0 Å². The quantitative estimate of drug-likeness (QED) is 0.633. The molecule has 0 aromatic carbocycles. The van der Waals surface area contributed by atoms with Crippen LogP contribution in [0, 0.1) is 6.92 Å². The number of amides is 2. The van der Waals surface area contributed by atoms with Crippen LogP contribution in [0.1, 0.15) is 25.8 Å². The van der Waals surface area contributed by atoms with Crippen LogP contribution in [0.3, 0.4) is 0 Å². The Bertz CT molecular complexity index is 576. The minimum absolute atomic E-state index is 0.0627. The highest BCUT2D eigenvalue weighted by molar-refractivity contribution is 5.88. The van der Waals surface area contributed by atoms with E-state index in [1.807, 2.05) is 32.9 Å². The highest BCUT2D eigenvalue weighted by Crippen LogP contribution is 2.12. The molecule has 3 N–H and O–H groups in total. The summed E-state index contributed by atoms with van der Waals surface area (Å²) >= 11 is 0. The molecule has 0 spiro atoms. The first-order valence-corrected chi connectivity index (χ1v) is 8.44. The van der Waals surface area contributed by atoms with Crippen molar-refractivity contribution in [3.63, 3.8) is 0 Å². The fourth-order valence-electron chi connectivity index (χ4n) is 2.86. The van der Waals surface area contributed by atoms with E-state index in [-0.39, 0.29) is 30.3 Å². The zero-order valence-electron chi connectivity index (χ0n) is 14.6. The number of carbonyl (C=O) groups is 2. The van der Waals surface area contributed by atoms with Crippen molar-refractivity contribution >= 4 is 17.6 Å². The van der Waals surface area contributed by atoms with Crippen LogP contribution in [0.4, 0.5) is 5.82 Å². The molecule has 24 heavy (non-hydrogen) atoms. The van der Waals surface area contributed by atoms with Gasteiger partial charge in [0.1, 0.15) is 5.82 Å². The minimum Gasteiger partial charge on any atom is -0.368 e. The van der Waals surface area contributed by atoms with E-state index >= 15 is 0 Å². The fraction of sp³-hybridized carbons (Fsp3) is 0.588. The van der Waals surface area contributed by atoms with Crippen molar-refractivity contribution in [1.82, 2.24) is 20.5 Å². The van der Waals surface area contributed by atoms with Crippen molar-refractivity contribution in [2.24, 2.45) is 0 Å². The number of aryl methyl sites for hydroxylation is 1. The summed E-state index contributed by atoms with van der Waals surface area (Å²) in [5.74, 6) is 0.652. The smallest absolute Gasteiger partial charge is 0.237 e. The predicted octanol–water partition coefficient (Wildman–Crippen LogP) is 0.517. The summed E-state index contributed by atoms with van der Waals surface area (Å²) in [4.78, 5) is 30.5. The maximum atomic E-state index is 12.1. The second-order valence-corrected chi connectivity index (χ2v) is 6.29. The number of carbonyl (C=O) groups excluding carboxylic acids is 2. The van der Waals surface area contributed by atoms with Crippen molar-refractivity contribution in [3.05, 3.63) is 23.9 Å². The highest BCUT2D eigenvalue weighted by atomic mass is 16.2. The molecule has 132 valence electrons. The third-order valence-corrected chi connectivity index (χ3v) is 4.16. The van der Waals surface area contributed by atoms with Gasteiger partial charge < -0.3 is 16.0 Å². The number of nitrogens with one attached hydrogen (secondary N) is 3. The van der Waals surface area contributed by atoms with E-state index in [2.05, 4.69) is 25.8 Å². The first kappa shape index (κ1) is 18.2. The van der Waals surface area contributed by atoms with Gasteiger partial charge in [0.05, 0.1) is 12.5 Å². The fourth-order valence-corrected chi connectivity index (χ4v) is 2.86. The van der Waals surface area contributed by atoms with Crippen molar-refractivity contribution in [3.8, 4) is 0 Å². The summed E-state index contributed by atoms with van der Waals surface area (Å²) in [5, 5.41) is 8.89. The Kier molecular flexibility index (Phi) is 6.54. The summed E-state index contributed by atoms with van der Waals surface area (Å²) in [7, 11) is 0. The van der Waals surface area contributed by atoms with E-state index in [1.54, 1.807) is 6.20 Å². The molecule has 1 saturated heterocycles. The van der Waals surface area contributed by atoms with Gasteiger partial charge in [-0.3, -0.25) is 14.5 Å². The number of piperazine rings is 1. The number of rotatable bonds is 7. The maximum absolute atomic E-state index is 12.1. The lowest BCUT2D eigenvalue weighted by atomic mass is 10.1. The normalized spacial score (nSPS) is 18.3. The standard InChI is InChI=1S/C17H27N5O2/c1-12(2)22-10-9-21-17(24)14(22)11-15(23)18-7-8-20-16-13(3)5-4-6-19-16/h4-6,12,14H,7-11H2,1-3H3,(H,18,23)(H,19,20)(H,21,24)/t14-/m0/s1. The van der Waals surface area contributed by atoms with E-state index in [4.69, 9.17) is 0 Å². The molecule has 7 heteroatoms. The van der Waals surface area contributed by atoms with Crippen molar-refractivity contribution < 1.29 is 9.59 Å². The Labute approximate surface area is 143 Å². The number of anilines is 1. The molecule has 0 aliphatic carbocycles. The van der Waals surface area contributed by atoms with Crippen LogP contribution in [-0.4, -0.2) is 60.0 Å². The number of hydrogen-bond acceptors (Lipinski definition) is 5. The summed E-state index contributed by atoms with van der Waals surface area (Å²) < 4.78 is 0. The van der Waals surface area contributed by atoms with Crippen LogP contribution >= 0.6 is 0 Å². The minimum atomic E-state index is -0.384. The lowest BCUT2D eigenvalue weighted by molar-refractivity contribution is -0.134. The van der Waals surface area contributed by atoms with Gasteiger partial charge >= 0.3 is 0 Å². The zero-order chi connectivity index (χ0) is 17.5. The van der Waals surface area contributed by atoms with Gasteiger partial charge in [0.2, 0.25) is 11.8 Å². The lowest BCUT2D eigenvalue weighted by Gasteiger charge is -2.37. The average Bonchev–Trinajstić information content (AvgIpc) is 2.54. The van der Waals surface area contributed by atoms with Gasteiger partial charge in [-0.25, -0.2) is 4.98 Å². The summed E-state index contributed by atoms with van der Waals surface area (Å²) in [6, 6.07) is 3.72. The van der Waals surface area contributed by atoms with Crippen molar-refractivity contribution in [1.29, 1.82) is 0 Å². The molecule has 1 aromatic rings. The Morgan fingerprint density at radius 2 is 2.25 bits per heavy atom. The Morgan fingerprint density at radius 1 is 1.46 bits per heavy atom. The van der Waals surface area contributed by atoms with Gasteiger partial charge in [-0.15, -0.1) is 0 Å². The second-order valence-electron chi connectivity index (χ2n) is 6.29. The van der Waals surface area contributed by atoms with Crippen molar-refractivity contribution in [2.75, 3.05) is 31.5 Å². The summed E-state index contributed by atoms with van der Waals surface area (Å²) in [6.07, 6.45) is 1.92. The average molecular weight is 333 g/mol. The molecule has 0 bridgehead atoms. The van der Waals surface area contributed by atoms with Crippen LogP contribution in [0.15, 0.2) is 18.3 Å². The number of aromatic nitrogens is 1. The van der Waals surface area contributed by atoms with Crippen LogP contribution in [-0.2, 0) is 9.59 Å². The first-order valence-electron chi connectivity index (χ1n) is 8.44. The number of pyridine rings is 1. The SMILES string of the molecule is Cc1cccnc1NCCNC(=O)C[C@H]1C(=O)NCCN1C(C)C. The monoisotopic (exact) mass is 333 g/mol. The highest BCUT2D eigenvalue weighted by Gasteiger charge is 2.32. The van der Waals surface area contributed by atoms with E-state index in [0.29, 0.717) is 19.6 Å². The molecular formula is C17H27N5O2. The zero-order valence-corrected chi connectivity index (χ0v) is 14.6. The number of hydrogen-bond donors (Lipinski definition) is 3. The molecule has 0 saturated carbocycles. The molecule has 7 nitrogen and oxygen atoms in total. The topological polar surface area (TPSA) is 86.4 Å². The maximum Gasteiger partial charge on any atom is 0.237 e. The van der Waals surface area contributed by atoms with Crippen molar-refractivity contribution in [2.45, 2.75) is 39.3 Å². The Hall–Kier alpha value is -2.15.